The minimum atomic E-state index is -3.17. The fourth-order valence-corrected chi connectivity index (χ4v) is 2.03. The first-order valence-corrected chi connectivity index (χ1v) is 6.66. The molecule has 1 aromatic heterocycles. The fourth-order valence-electron chi connectivity index (χ4n) is 1.26. The van der Waals surface area contributed by atoms with E-state index in [1.807, 2.05) is 0 Å². The Balaban J connectivity index is 2.40. The second kappa shape index (κ2) is 3.92. The van der Waals surface area contributed by atoms with E-state index < -0.39 is 9.84 Å². The van der Waals surface area contributed by atoms with Gasteiger partial charge in [-0.05, 0) is 23.7 Å². The molecule has 0 N–H and O–H groups in total. The van der Waals surface area contributed by atoms with Gasteiger partial charge in [0.05, 0.1) is 4.90 Å². The number of nitrogens with zero attached hydrogens (tertiary/aromatic N) is 1. The maximum Gasteiger partial charge on any atom is 0.226 e. The molecule has 0 bridgehead atoms. The number of sulfone groups is 1. The van der Waals surface area contributed by atoms with Crippen molar-refractivity contribution in [2.45, 2.75) is 4.90 Å². The third-order valence-electron chi connectivity index (χ3n) is 2.06. The molecule has 84 valence electrons. The molecule has 6 heteroatoms. The monoisotopic (exact) mass is 257 g/mol. The number of hydrogen-bond acceptors (Lipinski definition) is 4. The standard InChI is InChI=1S/C10H8ClNO3S/c1-16(13,14)8-4-2-7(3-5-8)9-6-10(11)15-12-9/h2-6H,1H3. The van der Waals surface area contributed by atoms with E-state index >= 15 is 0 Å². The third kappa shape index (κ3) is 2.25. The van der Waals surface area contributed by atoms with Crippen LogP contribution in [-0.2, 0) is 9.84 Å². The van der Waals surface area contributed by atoms with Crippen LogP contribution < -0.4 is 0 Å². The first kappa shape index (κ1) is 11.2. The van der Waals surface area contributed by atoms with Crippen LogP contribution >= 0.6 is 11.6 Å². The zero-order chi connectivity index (χ0) is 11.8. The van der Waals surface area contributed by atoms with Crippen LogP contribution in [0.2, 0.25) is 5.22 Å². The summed E-state index contributed by atoms with van der Waals surface area (Å²) in [5.41, 5.74) is 1.33. The Bertz CT molecular complexity index is 601. The van der Waals surface area contributed by atoms with Crippen molar-refractivity contribution >= 4 is 21.4 Å². The molecule has 0 unspecified atom stereocenters. The van der Waals surface area contributed by atoms with Gasteiger partial charge in [0, 0.05) is 17.9 Å². The Morgan fingerprint density at radius 1 is 1.25 bits per heavy atom. The molecule has 2 rings (SSSR count). The Morgan fingerprint density at radius 2 is 1.88 bits per heavy atom. The van der Waals surface area contributed by atoms with Gasteiger partial charge in [-0.15, -0.1) is 0 Å². The highest BCUT2D eigenvalue weighted by atomic mass is 35.5. The lowest BCUT2D eigenvalue weighted by Gasteiger charge is -1.99. The molecular weight excluding hydrogens is 250 g/mol. The number of hydrogen-bond donors (Lipinski definition) is 0. The summed E-state index contributed by atoms with van der Waals surface area (Å²) in [6.07, 6.45) is 1.16. The zero-order valence-electron chi connectivity index (χ0n) is 8.34. The fraction of sp³-hybridized carbons (Fsp3) is 0.100. The molecule has 0 saturated heterocycles. The summed E-state index contributed by atoms with van der Waals surface area (Å²) >= 11 is 5.59. The van der Waals surface area contributed by atoms with Crippen molar-refractivity contribution in [1.82, 2.24) is 5.16 Å². The van der Waals surface area contributed by atoms with Crippen molar-refractivity contribution in [3.8, 4) is 11.3 Å². The summed E-state index contributed by atoms with van der Waals surface area (Å²) in [7, 11) is -3.17. The number of halogens is 1. The van der Waals surface area contributed by atoms with Gasteiger partial charge in [-0.3, -0.25) is 0 Å². The lowest BCUT2D eigenvalue weighted by Crippen LogP contribution is -1.96. The van der Waals surface area contributed by atoms with E-state index in [0.717, 1.165) is 11.8 Å². The van der Waals surface area contributed by atoms with Crippen molar-refractivity contribution in [3.63, 3.8) is 0 Å². The van der Waals surface area contributed by atoms with Gasteiger partial charge < -0.3 is 4.52 Å². The Hall–Kier alpha value is -1.33. The molecule has 1 aromatic carbocycles. The average Bonchev–Trinajstić information content (AvgIpc) is 2.64. The predicted octanol–water partition coefficient (Wildman–Crippen LogP) is 2.40. The minimum absolute atomic E-state index is 0.196. The Labute approximate surface area is 97.7 Å². The van der Waals surface area contributed by atoms with Crippen LogP contribution in [0.15, 0.2) is 39.8 Å². The lowest BCUT2D eigenvalue weighted by atomic mass is 10.2. The summed E-state index contributed by atoms with van der Waals surface area (Å²) in [5.74, 6) is 0. The van der Waals surface area contributed by atoms with Crippen LogP contribution in [0, 0.1) is 0 Å². The molecule has 2 aromatic rings. The van der Waals surface area contributed by atoms with Gasteiger partial charge in [-0.25, -0.2) is 8.42 Å². The van der Waals surface area contributed by atoms with E-state index in [0.29, 0.717) is 5.69 Å². The molecule has 1 heterocycles. The average molecular weight is 258 g/mol. The van der Waals surface area contributed by atoms with Crippen molar-refractivity contribution in [3.05, 3.63) is 35.6 Å². The van der Waals surface area contributed by atoms with Crippen LogP contribution in [-0.4, -0.2) is 19.8 Å². The molecule has 0 amide bonds. The molecule has 0 radical (unpaired) electrons. The third-order valence-corrected chi connectivity index (χ3v) is 3.37. The van der Waals surface area contributed by atoms with Gasteiger partial charge >= 0.3 is 0 Å². The molecule has 0 aliphatic rings. The van der Waals surface area contributed by atoms with E-state index in [9.17, 15) is 8.42 Å². The van der Waals surface area contributed by atoms with E-state index in [4.69, 9.17) is 16.1 Å². The van der Waals surface area contributed by atoms with Gasteiger partial charge in [0.2, 0.25) is 5.22 Å². The first-order valence-electron chi connectivity index (χ1n) is 4.39. The van der Waals surface area contributed by atoms with Gasteiger partial charge in [-0.2, -0.15) is 0 Å². The van der Waals surface area contributed by atoms with Crippen molar-refractivity contribution in [1.29, 1.82) is 0 Å². The first-order chi connectivity index (χ1) is 7.47. The van der Waals surface area contributed by atoms with Gasteiger partial charge in [0.1, 0.15) is 5.69 Å². The van der Waals surface area contributed by atoms with E-state index in [2.05, 4.69) is 5.16 Å². The summed E-state index contributed by atoms with van der Waals surface area (Å²) in [4.78, 5) is 0.269. The van der Waals surface area contributed by atoms with Crippen molar-refractivity contribution in [2.75, 3.05) is 6.26 Å². The predicted molar refractivity (Wildman–Crippen MR) is 60.1 cm³/mol. The molecule has 0 saturated carbocycles. The van der Waals surface area contributed by atoms with Gasteiger partial charge in [0.15, 0.2) is 9.84 Å². The number of rotatable bonds is 2. The van der Waals surface area contributed by atoms with Crippen molar-refractivity contribution in [2.24, 2.45) is 0 Å². The van der Waals surface area contributed by atoms with E-state index in [1.54, 1.807) is 18.2 Å². The van der Waals surface area contributed by atoms with E-state index in [1.165, 1.54) is 12.1 Å². The van der Waals surface area contributed by atoms with Crippen LogP contribution in [0.1, 0.15) is 0 Å². The Morgan fingerprint density at radius 3 is 2.31 bits per heavy atom. The number of benzene rings is 1. The molecule has 4 nitrogen and oxygen atoms in total. The molecular formula is C10H8ClNO3S. The maximum absolute atomic E-state index is 11.2. The molecule has 0 fully saturated rings. The largest absolute Gasteiger partial charge is 0.344 e. The SMILES string of the molecule is CS(=O)(=O)c1ccc(-c2cc(Cl)on2)cc1. The number of aromatic nitrogens is 1. The summed E-state index contributed by atoms with van der Waals surface area (Å²) < 4.78 is 27.2. The zero-order valence-corrected chi connectivity index (χ0v) is 9.92. The highest BCUT2D eigenvalue weighted by molar-refractivity contribution is 7.90. The van der Waals surface area contributed by atoms with Crippen LogP contribution in [0.5, 0.6) is 0 Å². The molecule has 0 aliphatic heterocycles. The van der Waals surface area contributed by atoms with E-state index in [-0.39, 0.29) is 10.1 Å². The molecule has 0 atom stereocenters. The van der Waals surface area contributed by atoms with Gasteiger partial charge in [0.25, 0.3) is 0 Å². The topological polar surface area (TPSA) is 60.2 Å². The lowest BCUT2D eigenvalue weighted by molar-refractivity contribution is 0.424. The van der Waals surface area contributed by atoms with Crippen LogP contribution in [0.25, 0.3) is 11.3 Å². The minimum Gasteiger partial charge on any atom is -0.344 e. The molecule has 16 heavy (non-hydrogen) atoms. The molecule has 0 spiro atoms. The normalized spacial score (nSPS) is 11.6. The highest BCUT2D eigenvalue weighted by Gasteiger charge is 2.08. The Kier molecular flexibility index (Phi) is 2.73. The van der Waals surface area contributed by atoms with Crippen LogP contribution in [0.4, 0.5) is 0 Å². The summed E-state index contributed by atoms with van der Waals surface area (Å²) in [5, 5.41) is 3.92. The van der Waals surface area contributed by atoms with Gasteiger partial charge in [-0.1, -0.05) is 17.3 Å². The molecule has 0 aliphatic carbocycles. The summed E-state index contributed by atoms with van der Waals surface area (Å²) in [6.45, 7) is 0. The maximum atomic E-state index is 11.2. The quantitative estimate of drug-likeness (QED) is 0.829. The van der Waals surface area contributed by atoms with Crippen molar-refractivity contribution < 1.29 is 12.9 Å². The smallest absolute Gasteiger partial charge is 0.226 e. The second-order valence-corrected chi connectivity index (χ2v) is 5.70. The second-order valence-electron chi connectivity index (χ2n) is 3.31. The highest BCUT2D eigenvalue weighted by Crippen LogP contribution is 2.22. The summed E-state index contributed by atoms with van der Waals surface area (Å²) in [6, 6.07) is 7.92. The van der Waals surface area contributed by atoms with Crippen LogP contribution in [0.3, 0.4) is 0 Å².